The molecule has 0 radical (unpaired) electrons. The second-order valence-corrected chi connectivity index (χ2v) is 5.55. The molecule has 14 heavy (non-hydrogen) atoms. The third kappa shape index (κ3) is 1.96. The Hall–Kier alpha value is -0.0900. The number of rotatable bonds is 2. The van der Waals surface area contributed by atoms with Gasteiger partial charge in [0.05, 0.1) is 10.4 Å². The highest BCUT2D eigenvalue weighted by molar-refractivity contribution is 9.10. The molecule has 0 spiro atoms. The second kappa shape index (κ2) is 3.81. The van der Waals surface area contributed by atoms with Gasteiger partial charge in [-0.2, -0.15) is 0 Å². The van der Waals surface area contributed by atoms with E-state index in [1.807, 2.05) is 4.90 Å². The SMILES string of the molecule is O=C1C(Br)CCCN1CC1(O)CCC1. The minimum absolute atomic E-state index is 0.0278. The Morgan fingerprint density at radius 1 is 1.50 bits per heavy atom. The monoisotopic (exact) mass is 261 g/mol. The maximum absolute atomic E-state index is 11.7. The Bertz CT molecular complexity index is 240. The lowest BCUT2D eigenvalue weighted by atomic mass is 9.79. The van der Waals surface area contributed by atoms with Gasteiger partial charge in [-0.1, -0.05) is 15.9 Å². The van der Waals surface area contributed by atoms with Crippen molar-refractivity contribution in [3.05, 3.63) is 0 Å². The molecular formula is C10H16BrNO2. The summed E-state index contributed by atoms with van der Waals surface area (Å²) in [6.07, 6.45) is 4.76. The van der Waals surface area contributed by atoms with Crippen LogP contribution in [0.1, 0.15) is 32.1 Å². The normalized spacial score (nSPS) is 31.4. The molecule has 2 aliphatic rings. The van der Waals surface area contributed by atoms with Crippen LogP contribution in [-0.2, 0) is 4.79 Å². The molecule has 80 valence electrons. The van der Waals surface area contributed by atoms with Crippen LogP contribution in [0.4, 0.5) is 0 Å². The predicted octanol–water partition coefficient (Wildman–Crippen LogP) is 1.29. The van der Waals surface area contributed by atoms with Crippen molar-refractivity contribution in [2.75, 3.05) is 13.1 Å². The molecule has 1 saturated heterocycles. The van der Waals surface area contributed by atoms with Crippen molar-refractivity contribution in [2.45, 2.75) is 42.5 Å². The highest BCUT2D eigenvalue weighted by Crippen LogP contribution is 2.33. The van der Waals surface area contributed by atoms with E-state index in [-0.39, 0.29) is 10.7 Å². The van der Waals surface area contributed by atoms with Crippen molar-refractivity contribution in [3.8, 4) is 0 Å². The fraction of sp³-hybridized carbons (Fsp3) is 0.900. The van der Waals surface area contributed by atoms with E-state index >= 15 is 0 Å². The van der Waals surface area contributed by atoms with E-state index in [0.717, 1.165) is 38.6 Å². The lowest BCUT2D eigenvalue weighted by Gasteiger charge is -2.42. The molecule has 2 fully saturated rings. The van der Waals surface area contributed by atoms with Crippen LogP contribution in [0.3, 0.4) is 0 Å². The van der Waals surface area contributed by atoms with Gasteiger partial charge in [0.15, 0.2) is 0 Å². The minimum atomic E-state index is -0.570. The van der Waals surface area contributed by atoms with Crippen LogP contribution in [0.5, 0.6) is 0 Å². The maximum Gasteiger partial charge on any atom is 0.236 e. The van der Waals surface area contributed by atoms with E-state index in [9.17, 15) is 9.90 Å². The van der Waals surface area contributed by atoms with Crippen molar-refractivity contribution in [1.82, 2.24) is 4.90 Å². The summed E-state index contributed by atoms with van der Waals surface area (Å²) in [5.41, 5.74) is -0.570. The lowest BCUT2D eigenvalue weighted by Crippen LogP contribution is -2.53. The Morgan fingerprint density at radius 3 is 2.79 bits per heavy atom. The number of β-amino-alcohol motifs (C(OH)–C–C–N with tert-alkyl or cyclic N) is 1. The molecular weight excluding hydrogens is 246 g/mol. The number of alkyl halides is 1. The number of likely N-dealkylation sites (tertiary alicyclic amines) is 1. The average Bonchev–Trinajstić information content (AvgIpc) is 2.10. The molecule has 1 N–H and O–H groups in total. The molecule has 3 nitrogen and oxygen atoms in total. The third-order valence-corrected chi connectivity index (χ3v) is 4.08. The van der Waals surface area contributed by atoms with E-state index in [1.165, 1.54) is 0 Å². The number of piperidine rings is 1. The largest absolute Gasteiger partial charge is 0.388 e. The zero-order valence-electron chi connectivity index (χ0n) is 8.21. The molecule has 1 aliphatic carbocycles. The molecule has 0 aromatic carbocycles. The van der Waals surface area contributed by atoms with Crippen molar-refractivity contribution in [2.24, 2.45) is 0 Å². The lowest BCUT2D eigenvalue weighted by molar-refractivity contribution is -0.139. The number of aliphatic hydroxyl groups is 1. The summed E-state index contributed by atoms with van der Waals surface area (Å²) in [6.45, 7) is 1.34. The maximum atomic E-state index is 11.7. The summed E-state index contributed by atoms with van der Waals surface area (Å²) in [7, 11) is 0. The quantitative estimate of drug-likeness (QED) is 0.762. The summed E-state index contributed by atoms with van der Waals surface area (Å²) in [6, 6.07) is 0. The second-order valence-electron chi connectivity index (χ2n) is 4.45. The molecule has 1 aliphatic heterocycles. The molecule has 0 aromatic heterocycles. The molecule has 4 heteroatoms. The fourth-order valence-electron chi connectivity index (χ4n) is 2.15. The van der Waals surface area contributed by atoms with Gasteiger partial charge < -0.3 is 10.0 Å². The highest BCUT2D eigenvalue weighted by atomic mass is 79.9. The summed E-state index contributed by atoms with van der Waals surface area (Å²) < 4.78 is 0. The molecule has 2 rings (SSSR count). The van der Waals surface area contributed by atoms with Crippen LogP contribution in [0.15, 0.2) is 0 Å². The van der Waals surface area contributed by atoms with Crippen LogP contribution < -0.4 is 0 Å². The zero-order valence-corrected chi connectivity index (χ0v) is 9.79. The van der Waals surface area contributed by atoms with Gasteiger partial charge in [0.25, 0.3) is 0 Å². The summed E-state index contributed by atoms with van der Waals surface area (Å²) in [5.74, 6) is 0.150. The molecule has 0 bridgehead atoms. The third-order valence-electron chi connectivity index (χ3n) is 3.23. The molecule has 1 atom stereocenters. The Labute approximate surface area is 92.6 Å². The van der Waals surface area contributed by atoms with Gasteiger partial charge in [-0.25, -0.2) is 0 Å². The van der Waals surface area contributed by atoms with Gasteiger partial charge in [0.2, 0.25) is 5.91 Å². The van der Waals surface area contributed by atoms with E-state index in [1.54, 1.807) is 0 Å². The van der Waals surface area contributed by atoms with E-state index in [4.69, 9.17) is 0 Å². The summed E-state index contributed by atoms with van der Waals surface area (Å²) in [5, 5.41) is 9.96. The first-order valence-electron chi connectivity index (χ1n) is 5.26. The summed E-state index contributed by atoms with van der Waals surface area (Å²) in [4.78, 5) is 13.5. The van der Waals surface area contributed by atoms with Gasteiger partial charge in [0, 0.05) is 13.1 Å². The number of carbonyl (C=O) groups is 1. The fourth-order valence-corrected chi connectivity index (χ4v) is 2.76. The standard InChI is InChI=1S/C10H16BrNO2/c11-8-3-1-6-12(9(8)13)7-10(14)4-2-5-10/h8,14H,1-7H2. The predicted molar refractivity (Wildman–Crippen MR) is 57.3 cm³/mol. The minimum Gasteiger partial charge on any atom is -0.388 e. The van der Waals surface area contributed by atoms with E-state index < -0.39 is 5.60 Å². The van der Waals surface area contributed by atoms with Crippen LogP contribution in [0.2, 0.25) is 0 Å². The molecule has 1 amide bonds. The number of nitrogens with zero attached hydrogens (tertiary/aromatic N) is 1. The number of amides is 1. The van der Waals surface area contributed by atoms with Gasteiger partial charge in [-0.05, 0) is 32.1 Å². The van der Waals surface area contributed by atoms with Crippen LogP contribution in [-0.4, -0.2) is 39.4 Å². The first-order chi connectivity index (χ1) is 6.61. The molecule has 1 saturated carbocycles. The van der Waals surface area contributed by atoms with E-state index in [2.05, 4.69) is 15.9 Å². The van der Waals surface area contributed by atoms with Crippen molar-refractivity contribution >= 4 is 21.8 Å². The highest BCUT2D eigenvalue weighted by Gasteiger charge is 2.39. The average molecular weight is 262 g/mol. The first kappa shape index (κ1) is 10.4. The topological polar surface area (TPSA) is 40.5 Å². The number of carbonyl (C=O) groups excluding carboxylic acids is 1. The Morgan fingerprint density at radius 2 is 2.21 bits per heavy atom. The summed E-state index contributed by atoms with van der Waals surface area (Å²) >= 11 is 3.37. The van der Waals surface area contributed by atoms with E-state index in [0.29, 0.717) is 6.54 Å². The smallest absolute Gasteiger partial charge is 0.236 e. The Kier molecular flexibility index (Phi) is 2.84. The zero-order chi connectivity index (χ0) is 10.2. The van der Waals surface area contributed by atoms with Crippen molar-refractivity contribution < 1.29 is 9.90 Å². The molecule has 1 unspecified atom stereocenters. The van der Waals surface area contributed by atoms with Gasteiger partial charge in [-0.15, -0.1) is 0 Å². The number of hydrogen-bond donors (Lipinski definition) is 1. The van der Waals surface area contributed by atoms with Gasteiger partial charge >= 0.3 is 0 Å². The Balaban J connectivity index is 1.93. The van der Waals surface area contributed by atoms with Gasteiger partial charge in [0.1, 0.15) is 0 Å². The molecule has 1 heterocycles. The van der Waals surface area contributed by atoms with Crippen LogP contribution in [0.25, 0.3) is 0 Å². The van der Waals surface area contributed by atoms with Gasteiger partial charge in [-0.3, -0.25) is 4.79 Å². The van der Waals surface area contributed by atoms with Crippen molar-refractivity contribution in [1.29, 1.82) is 0 Å². The molecule has 0 aromatic rings. The van der Waals surface area contributed by atoms with Crippen LogP contribution >= 0.6 is 15.9 Å². The number of halogens is 1. The van der Waals surface area contributed by atoms with Crippen LogP contribution in [0, 0.1) is 0 Å². The van der Waals surface area contributed by atoms with Crippen molar-refractivity contribution in [3.63, 3.8) is 0 Å². The number of hydrogen-bond acceptors (Lipinski definition) is 2. The first-order valence-corrected chi connectivity index (χ1v) is 6.18.